The lowest BCUT2D eigenvalue weighted by Crippen LogP contribution is -2.49. The van der Waals surface area contributed by atoms with E-state index in [-0.39, 0.29) is 0 Å². The van der Waals surface area contributed by atoms with Crippen LogP contribution in [0.2, 0.25) is 0 Å². The summed E-state index contributed by atoms with van der Waals surface area (Å²) in [6.45, 7) is 0. The topological polar surface area (TPSA) is 29.3 Å². The fourth-order valence-electron chi connectivity index (χ4n) is 4.80. The van der Waals surface area contributed by atoms with Crippen molar-refractivity contribution in [2.45, 2.75) is 69.1 Å². The van der Waals surface area contributed by atoms with Gasteiger partial charge in [0.05, 0.1) is 0 Å². The van der Waals surface area contributed by atoms with Crippen LogP contribution in [0.25, 0.3) is 0 Å². The second-order valence-electron chi connectivity index (χ2n) is 6.67. The van der Waals surface area contributed by atoms with Crippen LogP contribution in [0.3, 0.4) is 0 Å². The van der Waals surface area contributed by atoms with Gasteiger partial charge in [-0.1, -0.05) is 24.3 Å². The number of rotatable bonds is 1. The van der Waals surface area contributed by atoms with Gasteiger partial charge in [0.1, 0.15) is 0 Å². The summed E-state index contributed by atoms with van der Waals surface area (Å²) in [6, 6.07) is 11.8. The maximum absolute atomic E-state index is 6.22. The van der Waals surface area contributed by atoms with E-state index in [1.165, 1.54) is 44.9 Å². The Morgan fingerprint density at radius 2 is 1.74 bits per heavy atom. The van der Waals surface area contributed by atoms with Crippen molar-refractivity contribution in [3.63, 3.8) is 0 Å². The van der Waals surface area contributed by atoms with E-state index in [0.29, 0.717) is 12.1 Å². The van der Waals surface area contributed by atoms with Crippen LogP contribution in [0.1, 0.15) is 55.7 Å². The molecule has 3 unspecified atom stereocenters. The number of hydrogen-bond acceptors (Lipinski definition) is 2. The van der Waals surface area contributed by atoms with E-state index >= 15 is 0 Å². The zero-order chi connectivity index (χ0) is 12.8. The molecular formula is C17H24N2. The number of aryl methyl sites for hydroxylation is 1. The van der Waals surface area contributed by atoms with Crippen molar-refractivity contribution in [2.24, 2.45) is 5.73 Å². The molecule has 2 nitrogen and oxygen atoms in total. The van der Waals surface area contributed by atoms with Crippen LogP contribution in [0.5, 0.6) is 0 Å². The number of benzene rings is 1. The molecule has 0 amide bonds. The average molecular weight is 256 g/mol. The minimum absolute atomic E-state index is 0.451. The Morgan fingerprint density at radius 3 is 2.53 bits per heavy atom. The van der Waals surface area contributed by atoms with Gasteiger partial charge in [0.2, 0.25) is 0 Å². The molecule has 2 bridgehead atoms. The van der Waals surface area contributed by atoms with Gasteiger partial charge in [0.15, 0.2) is 0 Å². The van der Waals surface area contributed by atoms with Crippen LogP contribution < -0.4 is 5.73 Å². The van der Waals surface area contributed by atoms with Crippen molar-refractivity contribution in [2.75, 3.05) is 0 Å². The zero-order valence-corrected chi connectivity index (χ0v) is 11.6. The monoisotopic (exact) mass is 256 g/mol. The molecule has 3 aliphatic rings. The van der Waals surface area contributed by atoms with Crippen LogP contribution >= 0.6 is 0 Å². The van der Waals surface area contributed by atoms with Crippen molar-refractivity contribution in [3.8, 4) is 0 Å². The first-order chi connectivity index (χ1) is 9.33. The summed E-state index contributed by atoms with van der Waals surface area (Å²) in [7, 11) is 0. The molecule has 19 heavy (non-hydrogen) atoms. The molecule has 0 saturated carbocycles. The summed E-state index contributed by atoms with van der Waals surface area (Å²) in [4.78, 5) is 2.85. The highest BCUT2D eigenvalue weighted by atomic mass is 15.3. The first-order valence-corrected chi connectivity index (χ1v) is 7.94. The van der Waals surface area contributed by atoms with Gasteiger partial charge in [-0.05, 0) is 56.1 Å². The Morgan fingerprint density at radius 1 is 1.00 bits per heavy atom. The van der Waals surface area contributed by atoms with Gasteiger partial charge in [-0.3, -0.25) is 4.90 Å². The molecule has 1 aliphatic carbocycles. The molecule has 0 radical (unpaired) electrons. The second kappa shape index (κ2) is 4.60. The van der Waals surface area contributed by atoms with E-state index in [9.17, 15) is 0 Å². The molecule has 0 spiro atoms. The number of nitrogens with zero attached hydrogens (tertiary/aromatic N) is 1. The Balaban J connectivity index is 1.67. The normalized spacial score (nSPS) is 38.2. The number of nitrogens with two attached hydrogens (primary N) is 1. The van der Waals surface area contributed by atoms with E-state index in [1.54, 1.807) is 11.1 Å². The minimum atomic E-state index is 0.451. The third kappa shape index (κ3) is 1.93. The van der Waals surface area contributed by atoms with Gasteiger partial charge < -0.3 is 5.73 Å². The van der Waals surface area contributed by atoms with Crippen LogP contribution in [-0.2, 0) is 6.42 Å². The highest BCUT2D eigenvalue weighted by Gasteiger charge is 2.43. The van der Waals surface area contributed by atoms with Crippen LogP contribution in [0.4, 0.5) is 0 Å². The Bertz CT molecular complexity index is 456. The average Bonchev–Trinajstić information content (AvgIpc) is 2.70. The van der Waals surface area contributed by atoms with E-state index in [4.69, 9.17) is 5.73 Å². The fourth-order valence-corrected chi connectivity index (χ4v) is 4.80. The van der Waals surface area contributed by atoms with Crippen molar-refractivity contribution >= 4 is 0 Å². The van der Waals surface area contributed by atoms with E-state index < -0.39 is 0 Å². The molecule has 2 N–H and O–H groups in total. The van der Waals surface area contributed by atoms with Crippen LogP contribution in [0.15, 0.2) is 24.3 Å². The molecule has 2 heterocycles. The summed E-state index contributed by atoms with van der Waals surface area (Å²) in [6.07, 6.45) is 9.15. The molecule has 2 aliphatic heterocycles. The third-order valence-electron chi connectivity index (χ3n) is 5.52. The molecule has 2 heteroatoms. The lowest BCUT2D eigenvalue weighted by atomic mass is 9.84. The van der Waals surface area contributed by atoms with Gasteiger partial charge in [0, 0.05) is 24.2 Å². The van der Waals surface area contributed by atoms with Gasteiger partial charge in [-0.2, -0.15) is 0 Å². The quantitative estimate of drug-likeness (QED) is 0.837. The van der Waals surface area contributed by atoms with Crippen molar-refractivity contribution < 1.29 is 0 Å². The molecule has 1 aromatic carbocycles. The molecular weight excluding hydrogens is 232 g/mol. The maximum atomic E-state index is 6.22. The van der Waals surface area contributed by atoms with Crippen molar-refractivity contribution in [1.29, 1.82) is 0 Å². The molecule has 102 valence electrons. The lowest BCUT2D eigenvalue weighted by Gasteiger charge is -2.45. The third-order valence-corrected chi connectivity index (χ3v) is 5.52. The second-order valence-corrected chi connectivity index (χ2v) is 6.67. The largest absolute Gasteiger partial charge is 0.328 e. The predicted molar refractivity (Wildman–Crippen MR) is 78.0 cm³/mol. The SMILES string of the molecule is NC1CC2CCC(C1)N2C1CCCc2ccccc21. The maximum Gasteiger partial charge on any atom is 0.0356 e. The summed E-state index contributed by atoms with van der Waals surface area (Å²) in [5, 5.41) is 0. The van der Waals surface area contributed by atoms with Gasteiger partial charge in [-0.25, -0.2) is 0 Å². The van der Waals surface area contributed by atoms with E-state index in [0.717, 1.165) is 12.1 Å². The highest BCUT2D eigenvalue weighted by Crippen LogP contribution is 2.45. The molecule has 2 saturated heterocycles. The lowest BCUT2D eigenvalue weighted by molar-refractivity contribution is 0.0678. The first kappa shape index (κ1) is 11.9. The summed E-state index contributed by atoms with van der Waals surface area (Å²) in [5.41, 5.74) is 9.42. The fraction of sp³-hybridized carbons (Fsp3) is 0.647. The summed E-state index contributed by atoms with van der Waals surface area (Å²) in [5.74, 6) is 0. The molecule has 3 atom stereocenters. The van der Waals surface area contributed by atoms with Gasteiger partial charge >= 0.3 is 0 Å². The molecule has 4 rings (SSSR count). The smallest absolute Gasteiger partial charge is 0.0356 e. The highest BCUT2D eigenvalue weighted by molar-refractivity contribution is 5.33. The van der Waals surface area contributed by atoms with Crippen molar-refractivity contribution in [3.05, 3.63) is 35.4 Å². The van der Waals surface area contributed by atoms with Crippen LogP contribution in [0, 0.1) is 0 Å². The Hall–Kier alpha value is -0.860. The van der Waals surface area contributed by atoms with Crippen LogP contribution in [-0.4, -0.2) is 23.0 Å². The number of piperidine rings is 1. The molecule has 1 aromatic rings. The zero-order valence-electron chi connectivity index (χ0n) is 11.6. The summed E-state index contributed by atoms with van der Waals surface area (Å²) < 4.78 is 0. The van der Waals surface area contributed by atoms with Gasteiger partial charge in [-0.15, -0.1) is 0 Å². The van der Waals surface area contributed by atoms with Gasteiger partial charge in [0.25, 0.3) is 0 Å². The summed E-state index contributed by atoms with van der Waals surface area (Å²) >= 11 is 0. The Labute approximate surface area is 116 Å². The minimum Gasteiger partial charge on any atom is -0.328 e. The number of hydrogen-bond donors (Lipinski definition) is 1. The van der Waals surface area contributed by atoms with Crippen molar-refractivity contribution in [1.82, 2.24) is 4.90 Å². The number of fused-ring (bicyclic) bond motifs is 3. The van der Waals surface area contributed by atoms with E-state index in [1.807, 2.05) is 0 Å². The molecule has 2 fully saturated rings. The van der Waals surface area contributed by atoms with E-state index in [2.05, 4.69) is 29.2 Å². The predicted octanol–water partition coefficient (Wildman–Crippen LogP) is 3.02. The standard InChI is InChI=1S/C17H24N2/c18-13-10-14-8-9-15(11-13)19(14)17-7-3-5-12-4-1-2-6-16(12)17/h1-2,4,6,13-15,17H,3,5,7-11,18H2. The first-order valence-electron chi connectivity index (χ1n) is 7.94. The molecule has 0 aromatic heterocycles. The Kier molecular flexibility index (Phi) is 2.89.